The first-order valence-electron chi connectivity index (χ1n) is 7.33. The fourth-order valence-electron chi connectivity index (χ4n) is 1.89. The van der Waals surface area contributed by atoms with Crippen molar-refractivity contribution < 1.29 is 23.6 Å². The lowest BCUT2D eigenvalue weighted by Crippen LogP contribution is -2.17. The Labute approximate surface area is 143 Å². The van der Waals surface area contributed by atoms with Crippen LogP contribution in [0.1, 0.15) is 30.0 Å². The summed E-state index contributed by atoms with van der Waals surface area (Å²) >= 11 is 0. The van der Waals surface area contributed by atoms with Gasteiger partial charge in [-0.1, -0.05) is 0 Å². The molecular weight excluding hydrogens is 330 g/mol. The van der Waals surface area contributed by atoms with Crippen molar-refractivity contribution in [3.63, 3.8) is 0 Å². The van der Waals surface area contributed by atoms with Gasteiger partial charge in [0.2, 0.25) is 0 Å². The van der Waals surface area contributed by atoms with Crippen molar-refractivity contribution in [2.45, 2.75) is 20.0 Å². The van der Waals surface area contributed by atoms with E-state index in [2.05, 4.69) is 10.5 Å². The van der Waals surface area contributed by atoms with Gasteiger partial charge in [-0.05, 0) is 38.1 Å². The maximum atomic E-state index is 12.1. The van der Waals surface area contributed by atoms with Crippen molar-refractivity contribution in [2.75, 3.05) is 7.11 Å². The second kappa shape index (κ2) is 7.95. The summed E-state index contributed by atoms with van der Waals surface area (Å²) in [6, 6.07) is 7.30. The molecule has 0 radical (unpaired) electrons. The highest BCUT2D eigenvalue weighted by atomic mass is 16.6. The number of hydrogen-bond donors (Lipinski definition) is 1. The molecule has 0 saturated heterocycles. The second-order valence-corrected chi connectivity index (χ2v) is 5.16. The zero-order valence-corrected chi connectivity index (χ0v) is 13.9. The summed E-state index contributed by atoms with van der Waals surface area (Å²) in [5.74, 6) is 0.211. The lowest BCUT2D eigenvalue weighted by molar-refractivity contribution is -0.402. The summed E-state index contributed by atoms with van der Waals surface area (Å²) in [7, 11) is 1.48. The van der Waals surface area contributed by atoms with E-state index < -0.39 is 16.7 Å². The predicted molar refractivity (Wildman–Crippen MR) is 89.2 cm³/mol. The van der Waals surface area contributed by atoms with Crippen molar-refractivity contribution in [1.82, 2.24) is 5.43 Å². The molecule has 1 N–H and O–H groups in total. The van der Waals surface area contributed by atoms with Crippen LogP contribution in [-0.4, -0.2) is 30.3 Å². The minimum Gasteiger partial charge on any atom is -0.493 e. The monoisotopic (exact) mass is 347 g/mol. The van der Waals surface area contributed by atoms with Crippen LogP contribution in [0.2, 0.25) is 0 Å². The number of nitro groups is 1. The number of carbonyl (C=O) groups is 1. The zero-order valence-electron chi connectivity index (χ0n) is 13.9. The lowest BCUT2D eigenvalue weighted by Gasteiger charge is -2.14. The summed E-state index contributed by atoms with van der Waals surface area (Å²) in [5, 5.41) is 14.2. The Balaban J connectivity index is 2.04. The Bertz CT molecular complexity index is 797. The molecule has 0 unspecified atom stereocenters. The normalized spacial score (nSPS) is 10.9. The van der Waals surface area contributed by atoms with Gasteiger partial charge in [0, 0.05) is 5.56 Å². The van der Waals surface area contributed by atoms with E-state index in [9.17, 15) is 14.9 Å². The number of nitrogens with zero attached hydrogens (tertiary/aromatic N) is 2. The first kappa shape index (κ1) is 18.0. The highest BCUT2D eigenvalue weighted by molar-refractivity contribution is 5.95. The minimum atomic E-state index is -0.664. The van der Waals surface area contributed by atoms with Gasteiger partial charge in [-0.25, -0.2) is 5.43 Å². The molecule has 0 fully saturated rings. The quantitative estimate of drug-likeness (QED) is 0.468. The van der Waals surface area contributed by atoms with Gasteiger partial charge in [-0.2, -0.15) is 5.10 Å². The van der Waals surface area contributed by atoms with Gasteiger partial charge in [0.1, 0.15) is 4.92 Å². The standard InChI is InChI=1S/C16H17N3O6/c1-10(2)24-13-6-4-11(8-14(13)23-3)16(20)18-17-9-12-5-7-15(25-12)19(21)22/h4-10H,1-3H3,(H,18,20)/b17-9-. The van der Waals surface area contributed by atoms with Gasteiger partial charge in [0.15, 0.2) is 17.3 Å². The smallest absolute Gasteiger partial charge is 0.433 e. The van der Waals surface area contributed by atoms with Gasteiger partial charge < -0.3 is 13.9 Å². The van der Waals surface area contributed by atoms with Gasteiger partial charge in [0.05, 0.1) is 25.5 Å². The average molecular weight is 347 g/mol. The molecule has 0 aliphatic heterocycles. The molecule has 1 aromatic heterocycles. The van der Waals surface area contributed by atoms with Crippen LogP contribution in [0.5, 0.6) is 11.5 Å². The number of methoxy groups -OCH3 is 1. The Hall–Kier alpha value is -3.36. The molecule has 9 heteroatoms. The molecule has 2 aromatic rings. The molecular formula is C16H17N3O6. The third-order valence-corrected chi connectivity index (χ3v) is 2.94. The Morgan fingerprint density at radius 1 is 1.32 bits per heavy atom. The van der Waals surface area contributed by atoms with Crippen LogP contribution in [0, 0.1) is 10.1 Å². The molecule has 9 nitrogen and oxygen atoms in total. The fourth-order valence-corrected chi connectivity index (χ4v) is 1.89. The van der Waals surface area contributed by atoms with Crippen molar-refractivity contribution in [1.29, 1.82) is 0 Å². The average Bonchev–Trinajstić information content (AvgIpc) is 3.03. The number of benzene rings is 1. The third-order valence-electron chi connectivity index (χ3n) is 2.94. The minimum absolute atomic E-state index is 0.0319. The molecule has 1 aromatic carbocycles. The molecule has 2 rings (SSSR count). The van der Waals surface area contributed by atoms with Gasteiger partial charge in [0.25, 0.3) is 5.91 Å². The van der Waals surface area contributed by atoms with E-state index >= 15 is 0 Å². The van der Waals surface area contributed by atoms with Crippen LogP contribution in [0.15, 0.2) is 39.9 Å². The zero-order chi connectivity index (χ0) is 18.4. The predicted octanol–water partition coefficient (Wildman–Crippen LogP) is 2.75. The molecule has 0 atom stereocenters. The van der Waals surface area contributed by atoms with Crippen molar-refractivity contribution in [2.24, 2.45) is 5.10 Å². The number of nitrogens with one attached hydrogen (secondary N) is 1. The molecule has 0 bridgehead atoms. The third kappa shape index (κ3) is 4.80. The first-order chi connectivity index (χ1) is 11.9. The SMILES string of the molecule is COc1cc(C(=O)N/N=C\c2ccc([N+](=O)[O-])o2)ccc1OC(C)C. The maximum absolute atomic E-state index is 12.1. The maximum Gasteiger partial charge on any atom is 0.433 e. The molecule has 0 spiro atoms. The highest BCUT2D eigenvalue weighted by Crippen LogP contribution is 2.28. The van der Waals surface area contributed by atoms with Gasteiger partial charge in [-0.15, -0.1) is 0 Å². The van der Waals surface area contributed by atoms with E-state index in [0.29, 0.717) is 17.1 Å². The molecule has 1 amide bonds. The highest BCUT2D eigenvalue weighted by Gasteiger charge is 2.12. The largest absolute Gasteiger partial charge is 0.493 e. The summed E-state index contributed by atoms with van der Waals surface area (Å²) in [5.41, 5.74) is 2.62. The lowest BCUT2D eigenvalue weighted by atomic mass is 10.2. The van der Waals surface area contributed by atoms with Crippen molar-refractivity contribution in [3.05, 3.63) is 51.8 Å². The van der Waals surface area contributed by atoms with Crippen LogP contribution < -0.4 is 14.9 Å². The Morgan fingerprint density at radius 2 is 2.08 bits per heavy atom. The second-order valence-electron chi connectivity index (χ2n) is 5.16. The molecule has 1 heterocycles. The van der Waals surface area contributed by atoms with Crippen LogP contribution in [0.3, 0.4) is 0 Å². The number of hydrazone groups is 1. The van der Waals surface area contributed by atoms with Crippen LogP contribution in [-0.2, 0) is 0 Å². The molecule has 25 heavy (non-hydrogen) atoms. The molecule has 0 aliphatic rings. The number of rotatable bonds is 7. The summed E-state index contributed by atoms with van der Waals surface area (Å²) in [6.45, 7) is 3.77. The number of carbonyl (C=O) groups excluding carboxylic acids is 1. The van der Waals surface area contributed by atoms with E-state index in [1.165, 1.54) is 31.5 Å². The Morgan fingerprint density at radius 3 is 2.68 bits per heavy atom. The number of amides is 1. The van der Waals surface area contributed by atoms with E-state index in [1.54, 1.807) is 12.1 Å². The van der Waals surface area contributed by atoms with E-state index in [1.807, 2.05) is 13.8 Å². The number of furan rings is 1. The first-order valence-corrected chi connectivity index (χ1v) is 7.33. The van der Waals surface area contributed by atoms with Gasteiger partial charge in [-0.3, -0.25) is 14.9 Å². The molecule has 0 aliphatic carbocycles. The summed E-state index contributed by atoms with van der Waals surface area (Å²) < 4.78 is 15.7. The van der Waals surface area contributed by atoms with E-state index in [4.69, 9.17) is 13.9 Å². The van der Waals surface area contributed by atoms with E-state index in [-0.39, 0.29) is 11.9 Å². The number of ether oxygens (including phenoxy) is 2. The fraction of sp³-hybridized carbons (Fsp3) is 0.250. The molecule has 132 valence electrons. The topological polar surface area (TPSA) is 116 Å². The van der Waals surface area contributed by atoms with Crippen molar-refractivity contribution in [3.8, 4) is 11.5 Å². The van der Waals surface area contributed by atoms with E-state index in [0.717, 1.165) is 0 Å². The molecule has 0 saturated carbocycles. The van der Waals surface area contributed by atoms with Crippen LogP contribution in [0.25, 0.3) is 0 Å². The summed E-state index contributed by atoms with van der Waals surface area (Å²) in [6.07, 6.45) is 1.13. The van der Waals surface area contributed by atoms with Crippen molar-refractivity contribution >= 4 is 18.0 Å². The van der Waals surface area contributed by atoms with Gasteiger partial charge >= 0.3 is 5.88 Å². The number of hydrogen-bond acceptors (Lipinski definition) is 7. The summed E-state index contributed by atoms with van der Waals surface area (Å²) in [4.78, 5) is 21.9. The Kier molecular flexibility index (Phi) is 5.72. The van der Waals surface area contributed by atoms with Crippen LogP contribution >= 0.6 is 0 Å². The van der Waals surface area contributed by atoms with Crippen LogP contribution in [0.4, 0.5) is 5.88 Å².